The van der Waals surface area contributed by atoms with E-state index in [2.05, 4.69) is 24.5 Å². The van der Waals surface area contributed by atoms with E-state index >= 15 is 0 Å². The molecule has 118 valence electrons. The summed E-state index contributed by atoms with van der Waals surface area (Å²) in [7, 11) is 1.65. The number of nitrogens with one attached hydrogen (secondary N) is 2. The zero-order valence-electron chi connectivity index (χ0n) is 13.2. The van der Waals surface area contributed by atoms with Crippen molar-refractivity contribution >= 4 is 11.7 Å². The number of aliphatic hydroxyl groups excluding tert-OH is 1. The summed E-state index contributed by atoms with van der Waals surface area (Å²) in [6, 6.07) is 6.99. The normalized spacial score (nSPS) is 13.8. The number of aliphatic hydroxyl groups is 1. The van der Waals surface area contributed by atoms with Crippen LogP contribution in [-0.2, 0) is 4.74 Å². The molecule has 21 heavy (non-hydrogen) atoms. The monoisotopic (exact) mass is 294 g/mol. The third-order valence-electron chi connectivity index (χ3n) is 3.28. The molecular weight excluding hydrogens is 268 g/mol. The molecule has 1 aromatic carbocycles. The third-order valence-corrected chi connectivity index (χ3v) is 3.28. The lowest BCUT2D eigenvalue weighted by atomic mass is 10.0. The number of amides is 2. The van der Waals surface area contributed by atoms with Crippen molar-refractivity contribution in [2.45, 2.75) is 39.3 Å². The Morgan fingerprint density at radius 2 is 2.05 bits per heavy atom. The molecule has 0 radical (unpaired) electrons. The van der Waals surface area contributed by atoms with Gasteiger partial charge in [-0.05, 0) is 37.0 Å². The van der Waals surface area contributed by atoms with Crippen molar-refractivity contribution in [1.82, 2.24) is 5.32 Å². The number of rotatable bonds is 7. The zero-order valence-corrected chi connectivity index (χ0v) is 13.2. The van der Waals surface area contributed by atoms with Crippen LogP contribution in [0.2, 0.25) is 0 Å². The number of anilines is 1. The van der Waals surface area contributed by atoms with Crippen molar-refractivity contribution < 1.29 is 14.6 Å². The number of hydrogen-bond acceptors (Lipinski definition) is 3. The van der Waals surface area contributed by atoms with E-state index in [9.17, 15) is 9.90 Å². The minimum absolute atomic E-state index is 0.0269. The maximum absolute atomic E-state index is 11.9. The van der Waals surface area contributed by atoms with Gasteiger partial charge in [-0.15, -0.1) is 0 Å². The van der Waals surface area contributed by atoms with Crippen molar-refractivity contribution in [2.75, 3.05) is 19.0 Å². The Balaban J connectivity index is 2.62. The predicted octanol–water partition coefficient (Wildman–Crippen LogP) is 2.92. The van der Waals surface area contributed by atoms with Gasteiger partial charge in [0.2, 0.25) is 0 Å². The van der Waals surface area contributed by atoms with Crippen molar-refractivity contribution in [3.63, 3.8) is 0 Å². The molecule has 0 aliphatic carbocycles. The number of carbonyl (C=O) groups is 1. The van der Waals surface area contributed by atoms with Crippen molar-refractivity contribution in [1.29, 1.82) is 0 Å². The van der Waals surface area contributed by atoms with Crippen LogP contribution in [-0.4, -0.2) is 30.9 Å². The number of benzene rings is 1. The van der Waals surface area contributed by atoms with Crippen molar-refractivity contribution in [3.8, 4) is 0 Å². The summed E-state index contributed by atoms with van der Waals surface area (Å²) >= 11 is 0. The van der Waals surface area contributed by atoms with Crippen LogP contribution in [0.15, 0.2) is 24.3 Å². The van der Waals surface area contributed by atoms with Gasteiger partial charge in [-0.3, -0.25) is 0 Å². The predicted molar refractivity (Wildman–Crippen MR) is 84.3 cm³/mol. The molecule has 1 aromatic rings. The molecule has 0 aliphatic rings. The average molecular weight is 294 g/mol. The first-order chi connectivity index (χ1) is 9.96. The van der Waals surface area contributed by atoms with E-state index in [1.54, 1.807) is 7.11 Å². The quantitative estimate of drug-likeness (QED) is 0.724. The Morgan fingerprint density at radius 1 is 1.33 bits per heavy atom. The Kier molecular flexibility index (Phi) is 7.19. The highest BCUT2D eigenvalue weighted by molar-refractivity contribution is 5.89. The van der Waals surface area contributed by atoms with Crippen LogP contribution >= 0.6 is 0 Å². The smallest absolute Gasteiger partial charge is 0.319 e. The first-order valence-electron chi connectivity index (χ1n) is 7.27. The topological polar surface area (TPSA) is 70.6 Å². The van der Waals surface area contributed by atoms with E-state index in [4.69, 9.17) is 4.74 Å². The largest absolute Gasteiger partial charge is 0.394 e. The second-order valence-corrected chi connectivity index (χ2v) is 5.61. The van der Waals surface area contributed by atoms with E-state index in [0.29, 0.717) is 11.6 Å². The Morgan fingerprint density at radius 3 is 2.62 bits per heavy atom. The Bertz CT molecular complexity index is 449. The fraction of sp³-hybridized carbons (Fsp3) is 0.562. The number of ether oxygens (including phenoxy) is 1. The summed E-state index contributed by atoms with van der Waals surface area (Å²) in [5.41, 5.74) is 1.70. The first-order valence-corrected chi connectivity index (χ1v) is 7.27. The summed E-state index contributed by atoms with van der Waals surface area (Å²) in [6.07, 6.45) is 0.714. The van der Waals surface area contributed by atoms with Crippen molar-refractivity contribution in [3.05, 3.63) is 29.8 Å². The summed E-state index contributed by atoms with van der Waals surface area (Å²) in [6.45, 7) is 5.99. The van der Waals surface area contributed by atoms with Gasteiger partial charge in [-0.1, -0.05) is 26.0 Å². The average Bonchev–Trinajstić information content (AvgIpc) is 2.45. The molecule has 2 atom stereocenters. The first kappa shape index (κ1) is 17.5. The zero-order chi connectivity index (χ0) is 15.8. The molecule has 0 bridgehead atoms. The highest BCUT2D eigenvalue weighted by Crippen LogP contribution is 2.19. The van der Waals surface area contributed by atoms with Gasteiger partial charge in [0.25, 0.3) is 0 Å². The highest BCUT2D eigenvalue weighted by atomic mass is 16.5. The number of methoxy groups -OCH3 is 1. The summed E-state index contributed by atoms with van der Waals surface area (Å²) < 4.78 is 5.26. The molecule has 5 nitrogen and oxygen atoms in total. The summed E-state index contributed by atoms with van der Waals surface area (Å²) in [5.74, 6) is 0.410. The van der Waals surface area contributed by atoms with Crippen molar-refractivity contribution in [2.24, 2.45) is 5.92 Å². The van der Waals surface area contributed by atoms with E-state index in [1.165, 1.54) is 0 Å². The molecule has 0 fully saturated rings. The molecule has 5 heteroatoms. The standard InChI is InChI=1S/C16H26N2O3/c1-11(2)8-15(10-19)18-16(20)17-14-7-5-6-13(9-14)12(3)21-4/h5-7,9,11-12,15,19H,8,10H2,1-4H3,(H2,17,18,20)/t12-,15-/m1/s1. The van der Waals surface area contributed by atoms with Gasteiger partial charge >= 0.3 is 6.03 Å². The van der Waals surface area contributed by atoms with Crippen LogP contribution in [0, 0.1) is 5.92 Å². The lowest BCUT2D eigenvalue weighted by Gasteiger charge is -2.19. The molecule has 1 rings (SSSR count). The minimum atomic E-state index is -0.308. The van der Waals surface area contributed by atoms with Gasteiger partial charge in [0.05, 0.1) is 18.8 Å². The molecule has 2 amide bonds. The second-order valence-electron chi connectivity index (χ2n) is 5.61. The number of carbonyl (C=O) groups excluding carboxylic acids is 1. The lowest BCUT2D eigenvalue weighted by molar-refractivity contribution is 0.119. The Hall–Kier alpha value is -1.59. The minimum Gasteiger partial charge on any atom is -0.394 e. The van der Waals surface area contributed by atoms with E-state index in [-0.39, 0.29) is 24.8 Å². The van der Waals surface area contributed by atoms with Gasteiger partial charge < -0.3 is 20.5 Å². The number of hydrogen-bond donors (Lipinski definition) is 3. The summed E-state index contributed by atoms with van der Waals surface area (Å²) in [4.78, 5) is 11.9. The molecule has 0 unspecified atom stereocenters. The lowest BCUT2D eigenvalue weighted by Crippen LogP contribution is -2.40. The van der Waals surface area contributed by atoms with Crippen LogP contribution < -0.4 is 10.6 Å². The molecule has 0 heterocycles. The van der Waals surface area contributed by atoms with E-state index in [1.807, 2.05) is 31.2 Å². The SMILES string of the molecule is CO[C@H](C)c1cccc(NC(=O)N[C@@H](CO)CC(C)C)c1. The van der Waals surface area contributed by atoms with Gasteiger partial charge in [-0.25, -0.2) is 4.79 Å². The fourth-order valence-electron chi connectivity index (χ4n) is 2.11. The van der Waals surface area contributed by atoms with Crippen LogP contribution in [0.1, 0.15) is 38.9 Å². The summed E-state index contributed by atoms with van der Waals surface area (Å²) in [5, 5.41) is 14.8. The van der Waals surface area contributed by atoms with Gasteiger partial charge in [-0.2, -0.15) is 0 Å². The van der Waals surface area contributed by atoms with Gasteiger partial charge in [0.1, 0.15) is 0 Å². The molecule has 0 spiro atoms. The molecule has 0 aromatic heterocycles. The van der Waals surface area contributed by atoms with E-state index < -0.39 is 0 Å². The van der Waals surface area contributed by atoms with Gasteiger partial charge in [0.15, 0.2) is 0 Å². The molecule has 0 aliphatic heterocycles. The Labute approximate surface area is 126 Å². The van der Waals surface area contributed by atoms with Crippen LogP contribution in [0.4, 0.5) is 10.5 Å². The molecule has 0 saturated carbocycles. The highest BCUT2D eigenvalue weighted by Gasteiger charge is 2.13. The van der Waals surface area contributed by atoms with Crippen LogP contribution in [0.5, 0.6) is 0 Å². The molecular formula is C16H26N2O3. The fourth-order valence-corrected chi connectivity index (χ4v) is 2.11. The maximum atomic E-state index is 11.9. The maximum Gasteiger partial charge on any atom is 0.319 e. The van der Waals surface area contributed by atoms with Crippen LogP contribution in [0.25, 0.3) is 0 Å². The second kappa shape index (κ2) is 8.64. The third kappa shape index (κ3) is 6.14. The van der Waals surface area contributed by atoms with Gasteiger partial charge in [0, 0.05) is 12.8 Å². The van der Waals surface area contributed by atoms with Crippen LogP contribution in [0.3, 0.4) is 0 Å². The van der Waals surface area contributed by atoms with E-state index in [0.717, 1.165) is 12.0 Å². The molecule has 3 N–H and O–H groups in total. The number of urea groups is 1. The molecule has 0 saturated heterocycles.